The Labute approximate surface area is 195 Å². The fraction of sp³-hybridized carbons (Fsp3) is 0.480. The number of benzene rings is 2. The van der Waals surface area contributed by atoms with Crippen LogP contribution >= 0.6 is 0 Å². The van der Waals surface area contributed by atoms with Crippen LogP contribution in [0.1, 0.15) is 50.6 Å². The van der Waals surface area contributed by atoms with E-state index in [4.69, 9.17) is 9.47 Å². The van der Waals surface area contributed by atoms with Crippen LogP contribution in [0.15, 0.2) is 53.4 Å². The SMILES string of the molecule is C[C@H](NC(=O)[C@@H]1C[C@@H]2CCCC[C@H]2N1S(=O)(=O)c1ccc2c(c1)OCCO2)c1ccccc1. The van der Waals surface area contributed by atoms with Crippen LogP contribution in [-0.2, 0) is 14.8 Å². The summed E-state index contributed by atoms with van der Waals surface area (Å²) in [5, 5.41) is 3.06. The summed E-state index contributed by atoms with van der Waals surface area (Å²) in [6, 6.07) is 13.4. The molecule has 2 aromatic rings. The van der Waals surface area contributed by atoms with E-state index < -0.39 is 16.1 Å². The highest BCUT2D eigenvalue weighted by molar-refractivity contribution is 7.89. The Kier molecular flexibility index (Phi) is 6.05. The smallest absolute Gasteiger partial charge is 0.244 e. The predicted molar refractivity (Wildman–Crippen MR) is 124 cm³/mol. The Bertz CT molecular complexity index is 1120. The lowest BCUT2D eigenvalue weighted by Crippen LogP contribution is -2.49. The lowest BCUT2D eigenvalue weighted by molar-refractivity contribution is -0.125. The molecule has 3 aliphatic rings. The van der Waals surface area contributed by atoms with Gasteiger partial charge in [0.05, 0.1) is 10.9 Å². The third kappa shape index (κ3) is 4.22. The van der Waals surface area contributed by atoms with Crippen molar-refractivity contribution in [3.05, 3.63) is 54.1 Å². The van der Waals surface area contributed by atoms with E-state index in [0.29, 0.717) is 31.1 Å². The number of sulfonamides is 1. The van der Waals surface area contributed by atoms with Crippen LogP contribution in [-0.4, -0.2) is 43.9 Å². The van der Waals surface area contributed by atoms with E-state index >= 15 is 0 Å². The van der Waals surface area contributed by atoms with Gasteiger partial charge in [0.2, 0.25) is 15.9 Å². The summed E-state index contributed by atoms with van der Waals surface area (Å²) >= 11 is 0. The van der Waals surface area contributed by atoms with E-state index in [1.54, 1.807) is 12.1 Å². The third-order valence-electron chi connectivity index (χ3n) is 7.08. The normalized spacial score (nSPS) is 25.8. The lowest BCUT2D eigenvalue weighted by Gasteiger charge is -2.33. The van der Waals surface area contributed by atoms with Crippen LogP contribution < -0.4 is 14.8 Å². The second kappa shape index (κ2) is 8.99. The molecule has 2 fully saturated rings. The van der Waals surface area contributed by atoms with Gasteiger partial charge in [-0.2, -0.15) is 4.31 Å². The molecule has 8 heteroatoms. The largest absolute Gasteiger partial charge is 0.486 e. The minimum atomic E-state index is -3.90. The molecular weight excluding hydrogens is 440 g/mol. The van der Waals surface area contributed by atoms with Gasteiger partial charge in [-0.25, -0.2) is 8.42 Å². The van der Waals surface area contributed by atoms with Crippen molar-refractivity contribution in [3.8, 4) is 11.5 Å². The topological polar surface area (TPSA) is 84.9 Å². The molecule has 176 valence electrons. The number of nitrogens with one attached hydrogen (secondary N) is 1. The van der Waals surface area contributed by atoms with Gasteiger partial charge < -0.3 is 14.8 Å². The minimum absolute atomic E-state index is 0.145. The van der Waals surface area contributed by atoms with Crippen molar-refractivity contribution < 1.29 is 22.7 Å². The first-order chi connectivity index (χ1) is 15.9. The standard InChI is InChI=1S/C25H30N2O5S/c1-17(18-7-3-2-4-8-18)26-25(28)22-15-19-9-5-6-10-21(19)27(22)33(29,30)20-11-12-23-24(16-20)32-14-13-31-23/h2-4,7-8,11-12,16-17,19,21-22H,5-6,9-10,13-15H2,1H3,(H,26,28)/t17-,19-,21+,22-/m0/s1. The highest BCUT2D eigenvalue weighted by Gasteiger charge is 2.51. The third-order valence-corrected chi connectivity index (χ3v) is 9.01. The van der Waals surface area contributed by atoms with Crippen molar-refractivity contribution in [2.45, 2.75) is 62.0 Å². The quantitative estimate of drug-likeness (QED) is 0.721. The van der Waals surface area contributed by atoms with Gasteiger partial charge in [-0.15, -0.1) is 0 Å². The van der Waals surface area contributed by atoms with Crippen molar-refractivity contribution >= 4 is 15.9 Å². The fourth-order valence-electron chi connectivity index (χ4n) is 5.43. The molecule has 1 saturated heterocycles. The predicted octanol–water partition coefficient (Wildman–Crippen LogP) is 3.66. The molecule has 4 atom stereocenters. The first-order valence-corrected chi connectivity index (χ1v) is 13.2. The number of hydrogen-bond acceptors (Lipinski definition) is 5. The Morgan fingerprint density at radius 2 is 1.76 bits per heavy atom. The van der Waals surface area contributed by atoms with Gasteiger partial charge in [-0.1, -0.05) is 43.2 Å². The zero-order valence-electron chi connectivity index (χ0n) is 18.8. The van der Waals surface area contributed by atoms with E-state index in [1.165, 1.54) is 10.4 Å². The van der Waals surface area contributed by atoms with E-state index in [1.807, 2.05) is 37.3 Å². The highest BCUT2D eigenvalue weighted by Crippen LogP contribution is 2.44. The van der Waals surface area contributed by atoms with Gasteiger partial charge in [0.25, 0.3) is 0 Å². The maximum absolute atomic E-state index is 13.9. The number of ether oxygens (including phenoxy) is 2. The second-order valence-corrected chi connectivity index (χ2v) is 11.0. The van der Waals surface area contributed by atoms with Crippen LogP contribution in [0.2, 0.25) is 0 Å². The minimum Gasteiger partial charge on any atom is -0.486 e. The van der Waals surface area contributed by atoms with Crippen LogP contribution in [0.5, 0.6) is 11.5 Å². The zero-order valence-corrected chi connectivity index (χ0v) is 19.6. The number of carbonyl (C=O) groups is 1. The number of hydrogen-bond donors (Lipinski definition) is 1. The number of rotatable bonds is 5. The maximum atomic E-state index is 13.9. The van der Waals surface area contributed by atoms with Crippen molar-refractivity contribution in [2.24, 2.45) is 5.92 Å². The number of nitrogens with zero attached hydrogens (tertiary/aromatic N) is 1. The molecule has 1 saturated carbocycles. The first-order valence-electron chi connectivity index (χ1n) is 11.7. The molecule has 1 N–H and O–H groups in total. The van der Waals surface area contributed by atoms with E-state index in [0.717, 1.165) is 31.2 Å². The van der Waals surface area contributed by atoms with Gasteiger partial charge in [0.15, 0.2) is 11.5 Å². The molecule has 0 unspecified atom stereocenters. The van der Waals surface area contributed by atoms with Crippen molar-refractivity contribution in [1.29, 1.82) is 0 Å². The number of carbonyl (C=O) groups excluding carboxylic acids is 1. The monoisotopic (exact) mass is 470 g/mol. The molecular formula is C25H30N2O5S. The van der Waals surface area contributed by atoms with Crippen LogP contribution in [0.3, 0.4) is 0 Å². The summed E-state index contributed by atoms with van der Waals surface area (Å²) in [6.07, 6.45) is 4.35. The molecule has 1 amide bonds. The molecule has 2 aromatic carbocycles. The fourth-order valence-corrected chi connectivity index (χ4v) is 7.32. The van der Waals surface area contributed by atoms with Crippen molar-refractivity contribution in [3.63, 3.8) is 0 Å². The average Bonchev–Trinajstić information content (AvgIpc) is 3.25. The Morgan fingerprint density at radius 3 is 2.55 bits per heavy atom. The highest BCUT2D eigenvalue weighted by atomic mass is 32.2. The molecule has 1 aliphatic carbocycles. The summed E-state index contributed by atoms with van der Waals surface area (Å²) in [4.78, 5) is 13.6. The summed E-state index contributed by atoms with van der Waals surface area (Å²) in [7, 11) is -3.90. The van der Waals surface area contributed by atoms with Gasteiger partial charge >= 0.3 is 0 Å². The summed E-state index contributed by atoms with van der Waals surface area (Å²) in [6.45, 7) is 2.75. The molecule has 2 aliphatic heterocycles. The number of amides is 1. The summed E-state index contributed by atoms with van der Waals surface area (Å²) in [5.41, 5.74) is 0.988. The van der Waals surface area contributed by atoms with Crippen molar-refractivity contribution in [1.82, 2.24) is 9.62 Å². The molecule has 0 aromatic heterocycles. The molecule has 0 spiro atoms. The Balaban J connectivity index is 1.45. The summed E-state index contributed by atoms with van der Waals surface area (Å²) < 4.78 is 40.5. The van der Waals surface area contributed by atoms with Gasteiger partial charge in [-0.3, -0.25) is 4.79 Å². The van der Waals surface area contributed by atoms with Gasteiger partial charge in [0.1, 0.15) is 19.3 Å². The van der Waals surface area contributed by atoms with Crippen LogP contribution in [0.25, 0.3) is 0 Å². The molecule has 0 bridgehead atoms. The van der Waals surface area contributed by atoms with Crippen LogP contribution in [0, 0.1) is 5.92 Å². The second-order valence-electron chi connectivity index (χ2n) is 9.14. The first kappa shape index (κ1) is 22.2. The molecule has 5 rings (SSSR count). The van der Waals surface area contributed by atoms with Gasteiger partial charge in [-0.05, 0) is 49.8 Å². The van der Waals surface area contributed by atoms with E-state index in [9.17, 15) is 13.2 Å². The number of fused-ring (bicyclic) bond motifs is 2. The van der Waals surface area contributed by atoms with Crippen LogP contribution in [0.4, 0.5) is 0 Å². The Hall–Kier alpha value is -2.58. The molecule has 33 heavy (non-hydrogen) atoms. The molecule has 7 nitrogen and oxygen atoms in total. The van der Waals surface area contributed by atoms with E-state index in [-0.39, 0.29) is 28.8 Å². The molecule has 2 heterocycles. The summed E-state index contributed by atoms with van der Waals surface area (Å²) in [5.74, 6) is 0.943. The average molecular weight is 471 g/mol. The van der Waals surface area contributed by atoms with Crippen molar-refractivity contribution in [2.75, 3.05) is 13.2 Å². The zero-order chi connectivity index (χ0) is 23.0. The van der Waals surface area contributed by atoms with Gasteiger partial charge in [0, 0.05) is 12.1 Å². The molecule has 0 radical (unpaired) electrons. The Morgan fingerprint density at radius 1 is 1.03 bits per heavy atom. The van der Waals surface area contributed by atoms with E-state index in [2.05, 4.69) is 5.32 Å². The lowest BCUT2D eigenvalue weighted by atomic mass is 9.85. The maximum Gasteiger partial charge on any atom is 0.244 e.